The van der Waals surface area contributed by atoms with Crippen LogP contribution in [0.1, 0.15) is 0 Å². The predicted molar refractivity (Wildman–Crippen MR) is 104 cm³/mol. The molecule has 9 heteroatoms. The summed E-state index contributed by atoms with van der Waals surface area (Å²) in [6.07, 6.45) is 0. The third kappa shape index (κ3) is 6.52. The van der Waals surface area contributed by atoms with Crippen molar-refractivity contribution in [2.45, 2.75) is 20.2 Å². The van der Waals surface area contributed by atoms with Crippen LogP contribution in [0.15, 0.2) is 99.6 Å². The molecular formula is C20H17F3O4S2. The van der Waals surface area contributed by atoms with E-state index in [2.05, 4.69) is 78.9 Å². The molecule has 0 amide bonds. The first kappa shape index (κ1) is 22.8. The molecule has 3 aromatic rings. The summed E-state index contributed by atoms with van der Waals surface area (Å²) in [6, 6.07) is 29.6. The number of benzene rings is 3. The Morgan fingerprint density at radius 2 is 1.21 bits per heavy atom. The lowest BCUT2D eigenvalue weighted by molar-refractivity contribution is -0.0517. The van der Waals surface area contributed by atoms with E-state index in [4.69, 9.17) is 17.7 Å². The van der Waals surface area contributed by atoms with Gasteiger partial charge in [-0.15, -0.1) is 0 Å². The number of alkyl halides is 3. The molecule has 154 valence electrons. The Labute approximate surface area is 170 Å². The fourth-order valence-electron chi connectivity index (χ4n) is 2.25. The Morgan fingerprint density at radius 1 is 0.793 bits per heavy atom. The monoisotopic (exact) mass is 442 g/mol. The average molecular weight is 442 g/mol. The van der Waals surface area contributed by atoms with E-state index in [0.29, 0.717) is 0 Å². The van der Waals surface area contributed by atoms with Crippen molar-refractivity contribution < 1.29 is 30.9 Å². The molecule has 4 nitrogen and oxygen atoms in total. The van der Waals surface area contributed by atoms with E-state index in [1.54, 1.807) is 7.11 Å². The SMILES string of the molecule is COc1cccc([S+](c2ccccc2)c2ccccc2)c1.O=S(=O)([O-])C(F)(F)F. The van der Waals surface area contributed by atoms with Gasteiger partial charge in [0, 0.05) is 6.07 Å². The van der Waals surface area contributed by atoms with Crippen LogP contribution in [0.5, 0.6) is 5.75 Å². The van der Waals surface area contributed by atoms with Crippen LogP contribution in [-0.2, 0) is 21.0 Å². The molecule has 0 heterocycles. The molecule has 0 spiro atoms. The zero-order valence-electron chi connectivity index (χ0n) is 15.2. The maximum Gasteiger partial charge on any atom is 0.485 e. The van der Waals surface area contributed by atoms with Gasteiger partial charge in [-0.05, 0) is 36.4 Å². The van der Waals surface area contributed by atoms with Gasteiger partial charge in [0.05, 0.1) is 18.0 Å². The van der Waals surface area contributed by atoms with Crippen molar-refractivity contribution in [2.75, 3.05) is 7.11 Å². The van der Waals surface area contributed by atoms with Crippen molar-refractivity contribution in [3.8, 4) is 5.75 Å². The Morgan fingerprint density at radius 3 is 1.59 bits per heavy atom. The predicted octanol–water partition coefficient (Wildman–Crippen LogP) is 4.84. The molecule has 0 aliphatic carbocycles. The van der Waals surface area contributed by atoms with Crippen LogP contribution in [0, 0.1) is 0 Å². The quantitative estimate of drug-likeness (QED) is 0.329. The van der Waals surface area contributed by atoms with E-state index in [1.165, 1.54) is 14.7 Å². The molecule has 0 N–H and O–H groups in total. The first-order chi connectivity index (χ1) is 13.6. The van der Waals surface area contributed by atoms with Crippen molar-refractivity contribution in [1.82, 2.24) is 0 Å². The van der Waals surface area contributed by atoms with Crippen molar-refractivity contribution in [2.24, 2.45) is 0 Å². The Hall–Kier alpha value is -2.49. The number of hydrogen-bond donors (Lipinski definition) is 0. The molecule has 3 rings (SSSR count). The first-order valence-corrected chi connectivity index (χ1v) is 10.8. The molecule has 0 aromatic heterocycles. The maximum atomic E-state index is 10.7. The van der Waals surface area contributed by atoms with Gasteiger partial charge in [-0.2, -0.15) is 13.2 Å². The van der Waals surface area contributed by atoms with Gasteiger partial charge in [0.1, 0.15) is 5.75 Å². The number of ether oxygens (including phenoxy) is 1. The highest BCUT2D eigenvalue weighted by molar-refractivity contribution is 7.97. The van der Waals surface area contributed by atoms with Crippen LogP contribution in [0.25, 0.3) is 0 Å². The van der Waals surface area contributed by atoms with Gasteiger partial charge in [0.25, 0.3) is 0 Å². The molecule has 0 saturated heterocycles. The summed E-state index contributed by atoms with van der Waals surface area (Å²) in [5.41, 5.74) is -5.65. The lowest BCUT2D eigenvalue weighted by atomic mass is 10.3. The summed E-state index contributed by atoms with van der Waals surface area (Å²) in [4.78, 5) is 3.90. The van der Waals surface area contributed by atoms with E-state index >= 15 is 0 Å². The van der Waals surface area contributed by atoms with Gasteiger partial charge in [-0.25, -0.2) is 8.42 Å². The lowest BCUT2D eigenvalue weighted by Crippen LogP contribution is -2.21. The van der Waals surface area contributed by atoms with Crippen molar-refractivity contribution in [1.29, 1.82) is 0 Å². The molecule has 0 fully saturated rings. The van der Waals surface area contributed by atoms with Crippen LogP contribution in [-0.4, -0.2) is 25.6 Å². The highest BCUT2D eigenvalue weighted by atomic mass is 32.2. The second kappa shape index (κ2) is 9.82. The summed E-state index contributed by atoms with van der Waals surface area (Å²) < 4.78 is 64.3. The smallest absolute Gasteiger partial charge is 0.485 e. The first-order valence-electron chi connectivity index (χ1n) is 8.14. The zero-order chi connectivity index (χ0) is 21.5. The molecule has 0 atom stereocenters. The molecule has 0 radical (unpaired) electrons. The minimum Gasteiger partial charge on any atom is -0.741 e. The second-order valence-corrected chi connectivity index (χ2v) is 8.91. The topological polar surface area (TPSA) is 66.4 Å². The Balaban J connectivity index is 0.000000321. The summed E-state index contributed by atoms with van der Waals surface area (Å²) in [7, 11) is -4.49. The van der Waals surface area contributed by atoms with Crippen LogP contribution in [0.3, 0.4) is 0 Å². The van der Waals surface area contributed by atoms with E-state index < -0.39 is 15.6 Å². The van der Waals surface area contributed by atoms with Crippen LogP contribution >= 0.6 is 0 Å². The van der Waals surface area contributed by atoms with Gasteiger partial charge in [0.15, 0.2) is 24.8 Å². The van der Waals surface area contributed by atoms with Gasteiger partial charge in [-0.3, -0.25) is 0 Å². The van der Waals surface area contributed by atoms with Gasteiger partial charge in [-0.1, -0.05) is 42.5 Å². The summed E-state index contributed by atoms with van der Waals surface area (Å²) in [6.45, 7) is 0. The van der Waals surface area contributed by atoms with E-state index in [1.807, 2.05) is 6.07 Å². The summed E-state index contributed by atoms with van der Waals surface area (Å²) in [5.74, 6) is 0.900. The molecule has 0 unspecified atom stereocenters. The van der Waals surface area contributed by atoms with E-state index in [0.717, 1.165) is 5.75 Å². The number of hydrogen-bond acceptors (Lipinski definition) is 4. The van der Waals surface area contributed by atoms with Crippen molar-refractivity contribution >= 4 is 21.0 Å². The standard InChI is InChI=1S/C19H17OS.CHF3O3S/c1-20-16-9-8-14-19(15-16)21(17-10-4-2-5-11-17)18-12-6-3-7-13-18;2-1(3,4)8(5,6)7/h2-15H,1H3;(H,5,6,7)/q+1;/p-1. The lowest BCUT2D eigenvalue weighted by Gasteiger charge is -2.08. The largest absolute Gasteiger partial charge is 0.741 e. The summed E-state index contributed by atoms with van der Waals surface area (Å²) in [5, 5.41) is 0. The van der Waals surface area contributed by atoms with Crippen molar-refractivity contribution in [3.05, 3.63) is 84.9 Å². The molecule has 0 aliphatic heterocycles. The number of rotatable bonds is 4. The van der Waals surface area contributed by atoms with Gasteiger partial charge >= 0.3 is 5.51 Å². The zero-order valence-corrected chi connectivity index (χ0v) is 16.8. The highest BCUT2D eigenvalue weighted by Crippen LogP contribution is 2.32. The summed E-state index contributed by atoms with van der Waals surface area (Å²) >= 11 is 0. The maximum absolute atomic E-state index is 10.7. The highest BCUT2D eigenvalue weighted by Gasteiger charge is 2.37. The van der Waals surface area contributed by atoms with Crippen molar-refractivity contribution in [3.63, 3.8) is 0 Å². The van der Waals surface area contributed by atoms with Crippen LogP contribution < -0.4 is 4.74 Å². The minimum atomic E-state index is -6.09. The van der Waals surface area contributed by atoms with E-state index in [-0.39, 0.29) is 10.9 Å². The molecular weight excluding hydrogens is 425 g/mol. The van der Waals surface area contributed by atoms with Gasteiger partial charge < -0.3 is 9.29 Å². The number of halogens is 3. The molecule has 0 aliphatic rings. The van der Waals surface area contributed by atoms with Crippen LogP contribution in [0.4, 0.5) is 13.2 Å². The van der Waals surface area contributed by atoms with E-state index in [9.17, 15) is 13.2 Å². The minimum absolute atomic E-state index is 0.107. The number of methoxy groups -OCH3 is 1. The second-order valence-electron chi connectivity index (χ2n) is 5.51. The Bertz CT molecular complexity index is 969. The van der Waals surface area contributed by atoms with Gasteiger partial charge in [0.2, 0.25) is 0 Å². The molecule has 0 bridgehead atoms. The third-order valence-electron chi connectivity index (χ3n) is 3.52. The fourth-order valence-corrected chi connectivity index (χ4v) is 4.37. The third-order valence-corrected chi connectivity index (χ3v) is 6.30. The van der Waals surface area contributed by atoms with Crippen LogP contribution in [0.2, 0.25) is 0 Å². The molecule has 3 aromatic carbocycles. The molecule has 0 saturated carbocycles. The molecule has 29 heavy (non-hydrogen) atoms. The normalized spacial score (nSPS) is 11.5. The fraction of sp³-hybridized carbons (Fsp3) is 0.100. The average Bonchev–Trinajstić information content (AvgIpc) is 2.69. The Kier molecular flexibility index (Phi) is 7.72.